The average Bonchev–Trinajstić information content (AvgIpc) is 3.05. The summed E-state index contributed by atoms with van der Waals surface area (Å²) in [5, 5.41) is 10.8. The van der Waals surface area contributed by atoms with Gasteiger partial charge in [0.05, 0.1) is 11.4 Å². The van der Waals surface area contributed by atoms with Gasteiger partial charge in [-0.3, -0.25) is 4.79 Å². The van der Waals surface area contributed by atoms with Crippen molar-refractivity contribution in [3.05, 3.63) is 54.4 Å². The number of carbonyl (C=O) groups excluding carboxylic acids is 1. The van der Waals surface area contributed by atoms with Gasteiger partial charge in [0.1, 0.15) is 18.4 Å². The van der Waals surface area contributed by atoms with Gasteiger partial charge in [-0.15, -0.1) is 0 Å². The van der Waals surface area contributed by atoms with Crippen molar-refractivity contribution in [2.75, 3.05) is 5.32 Å². The monoisotopic (exact) mass is 295 g/mol. The minimum Gasteiger partial charge on any atom is -0.360 e. The summed E-state index contributed by atoms with van der Waals surface area (Å²) in [6.07, 6.45) is 5.22. The standard InChI is InChI=1S/C15H13N5O2/c21-15(12-7-14(22-19-12)10-5-6-10)18-11-3-1-2-4-13(11)20-9-16-8-17-20/h1-4,7-10H,5-6H2,(H,18,21). The number of hydrogen-bond acceptors (Lipinski definition) is 5. The molecule has 1 aliphatic carbocycles. The van der Waals surface area contributed by atoms with Gasteiger partial charge >= 0.3 is 0 Å². The van der Waals surface area contributed by atoms with Crippen LogP contribution in [0.1, 0.15) is 35.0 Å². The summed E-state index contributed by atoms with van der Waals surface area (Å²) in [7, 11) is 0. The first-order valence-electron chi connectivity index (χ1n) is 7.03. The van der Waals surface area contributed by atoms with Crippen molar-refractivity contribution in [1.82, 2.24) is 19.9 Å². The number of amides is 1. The third-order valence-electron chi connectivity index (χ3n) is 3.56. The lowest BCUT2D eigenvalue weighted by molar-refractivity contribution is 0.101. The van der Waals surface area contributed by atoms with Gasteiger partial charge in [-0.05, 0) is 25.0 Å². The van der Waals surface area contributed by atoms with Crippen molar-refractivity contribution >= 4 is 11.6 Å². The van der Waals surface area contributed by atoms with Crippen LogP contribution in [0.4, 0.5) is 5.69 Å². The maximum absolute atomic E-state index is 12.3. The van der Waals surface area contributed by atoms with Gasteiger partial charge in [0, 0.05) is 12.0 Å². The SMILES string of the molecule is O=C(Nc1ccccc1-n1cncn1)c1cc(C2CC2)on1. The Kier molecular flexibility index (Phi) is 2.96. The molecule has 1 fully saturated rings. The Morgan fingerprint density at radius 2 is 2.18 bits per heavy atom. The second-order valence-electron chi connectivity index (χ2n) is 5.20. The summed E-state index contributed by atoms with van der Waals surface area (Å²) in [5.74, 6) is 0.911. The number of anilines is 1. The van der Waals surface area contributed by atoms with Crippen LogP contribution in [0.2, 0.25) is 0 Å². The Morgan fingerprint density at radius 1 is 1.32 bits per heavy atom. The molecule has 2 aromatic heterocycles. The Labute approximate surface area is 126 Å². The van der Waals surface area contributed by atoms with Crippen LogP contribution in [0.3, 0.4) is 0 Å². The fourth-order valence-electron chi connectivity index (χ4n) is 2.25. The normalized spacial score (nSPS) is 14.0. The topological polar surface area (TPSA) is 85.8 Å². The number of hydrogen-bond donors (Lipinski definition) is 1. The van der Waals surface area contributed by atoms with E-state index in [1.165, 1.54) is 6.33 Å². The summed E-state index contributed by atoms with van der Waals surface area (Å²) >= 11 is 0. The molecule has 0 spiro atoms. The van der Waals surface area contributed by atoms with Crippen LogP contribution in [0.15, 0.2) is 47.5 Å². The number of nitrogens with one attached hydrogen (secondary N) is 1. The zero-order valence-electron chi connectivity index (χ0n) is 11.6. The number of benzene rings is 1. The fraction of sp³-hybridized carbons (Fsp3) is 0.200. The number of nitrogens with zero attached hydrogens (tertiary/aromatic N) is 4. The molecule has 0 saturated heterocycles. The summed E-state index contributed by atoms with van der Waals surface area (Å²) in [5.41, 5.74) is 1.66. The number of para-hydroxylation sites is 2. The molecule has 110 valence electrons. The van der Waals surface area contributed by atoms with Crippen LogP contribution in [-0.2, 0) is 0 Å². The molecule has 7 heteroatoms. The maximum atomic E-state index is 12.3. The zero-order chi connectivity index (χ0) is 14.9. The first-order chi connectivity index (χ1) is 10.8. The van der Waals surface area contributed by atoms with Crippen molar-refractivity contribution in [2.24, 2.45) is 0 Å². The van der Waals surface area contributed by atoms with Crippen LogP contribution in [0, 0.1) is 0 Å². The van der Waals surface area contributed by atoms with Gasteiger partial charge in [-0.25, -0.2) is 9.67 Å². The van der Waals surface area contributed by atoms with E-state index in [9.17, 15) is 4.79 Å². The van der Waals surface area contributed by atoms with Gasteiger partial charge in [-0.2, -0.15) is 5.10 Å². The Balaban J connectivity index is 1.59. The first kappa shape index (κ1) is 12.8. The van der Waals surface area contributed by atoms with E-state index in [0.717, 1.165) is 24.3 Å². The van der Waals surface area contributed by atoms with E-state index in [0.29, 0.717) is 11.6 Å². The fourth-order valence-corrected chi connectivity index (χ4v) is 2.25. The van der Waals surface area contributed by atoms with Gasteiger partial charge < -0.3 is 9.84 Å². The van der Waals surface area contributed by atoms with Crippen LogP contribution in [0.25, 0.3) is 5.69 Å². The molecule has 3 aromatic rings. The highest BCUT2D eigenvalue weighted by atomic mass is 16.5. The predicted octanol–water partition coefficient (Wildman–Crippen LogP) is 2.38. The quantitative estimate of drug-likeness (QED) is 0.798. The van der Waals surface area contributed by atoms with E-state index in [-0.39, 0.29) is 11.6 Å². The van der Waals surface area contributed by atoms with E-state index < -0.39 is 0 Å². The number of rotatable bonds is 4. The number of aromatic nitrogens is 4. The molecular formula is C15H13N5O2. The van der Waals surface area contributed by atoms with Crippen molar-refractivity contribution in [3.8, 4) is 5.69 Å². The third-order valence-corrected chi connectivity index (χ3v) is 3.56. The lowest BCUT2D eigenvalue weighted by Crippen LogP contribution is -2.14. The van der Waals surface area contributed by atoms with Crippen LogP contribution in [-0.4, -0.2) is 25.8 Å². The highest BCUT2D eigenvalue weighted by molar-refractivity contribution is 6.03. The molecule has 0 unspecified atom stereocenters. The van der Waals surface area contributed by atoms with E-state index in [2.05, 4.69) is 20.6 Å². The molecule has 0 radical (unpaired) electrons. The summed E-state index contributed by atoms with van der Waals surface area (Å²) in [4.78, 5) is 16.2. The lowest BCUT2D eigenvalue weighted by Gasteiger charge is -2.09. The van der Waals surface area contributed by atoms with Gasteiger partial charge in [0.2, 0.25) is 0 Å². The summed E-state index contributed by atoms with van der Waals surface area (Å²) in [6.45, 7) is 0. The second-order valence-corrected chi connectivity index (χ2v) is 5.20. The molecule has 4 rings (SSSR count). The molecule has 7 nitrogen and oxygen atoms in total. The van der Waals surface area contributed by atoms with Crippen LogP contribution < -0.4 is 5.32 Å². The lowest BCUT2D eigenvalue weighted by atomic mass is 10.2. The molecule has 1 N–H and O–H groups in total. The molecule has 1 aliphatic rings. The molecule has 1 saturated carbocycles. The molecular weight excluding hydrogens is 282 g/mol. The highest BCUT2D eigenvalue weighted by Crippen LogP contribution is 2.40. The van der Waals surface area contributed by atoms with Gasteiger partial charge in [0.25, 0.3) is 5.91 Å². The smallest absolute Gasteiger partial charge is 0.277 e. The average molecular weight is 295 g/mol. The third kappa shape index (κ3) is 2.37. The molecule has 0 aliphatic heterocycles. The van der Waals surface area contributed by atoms with Crippen molar-refractivity contribution < 1.29 is 9.32 Å². The first-order valence-corrected chi connectivity index (χ1v) is 7.03. The molecule has 0 atom stereocenters. The predicted molar refractivity (Wildman–Crippen MR) is 77.8 cm³/mol. The van der Waals surface area contributed by atoms with Crippen LogP contribution >= 0.6 is 0 Å². The van der Waals surface area contributed by atoms with Gasteiger partial charge in [-0.1, -0.05) is 17.3 Å². The van der Waals surface area contributed by atoms with E-state index in [4.69, 9.17) is 4.52 Å². The minimum atomic E-state index is -0.303. The zero-order valence-corrected chi connectivity index (χ0v) is 11.6. The van der Waals surface area contributed by atoms with Gasteiger partial charge in [0.15, 0.2) is 5.69 Å². The highest BCUT2D eigenvalue weighted by Gasteiger charge is 2.29. The van der Waals surface area contributed by atoms with E-state index in [1.54, 1.807) is 23.1 Å². The summed E-state index contributed by atoms with van der Waals surface area (Å²) in [6, 6.07) is 9.08. The van der Waals surface area contributed by atoms with Crippen molar-refractivity contribution in [2.45, 2.75) is 18.8 Å². The van der Waals surface area contributed by atoms with Crippen molar-refractivity contribution in [3.63, 3.8) is 0 Å². The van der Waals surface area contributed by atoms with Crippen LogP contribution in [0.5, 0.6) is 0 Å². The summed E-state index contributed by atoms with van der Waals surface area (Å²) < 4.78 is 6.80. The largest absolute Gasteiger partial charge is 0.360 e. The Hall–Kier alpha value is -2.96. The molecule has 1 amide bonds. The maximum Gasteiger partial charge on any atom is 0.277 e. The molecule has 2 heterocycles. The minimum absolute atomic E-state index is 0.287. The molecule has 22 heavy (non-hydrogen) atoms. The number of carbonyl (C=O) groups is 1. The Bertz CT molecular complexity index is 805. The second kappa shape index (κ2) is 5.10. The molecule has 0 bridgehead atoms. The Morgan fingerprint density at radius 3 is 2.95 bits per heavy atom. The molecule has 1 aromatic carbocycles. The van der Waals surface area contributed by atoms with Crippen molar-refractivity contribution in [1.29, 1.82) is 0 Å². The van der Waals surface area contributed by atoms with E-state index in [1.807, 2.05) is 18.2 Å². The van der Waals surface area contributed by atoms with E-state index >= 15 is 0 Å².